The van der Waals surface area contributed by atoms with Crippen LogP contribution in [0.25, 0.3) is 0 Å². The Kier molecular flexibility index (Phi) is 6.39. The number of nitrogens with zero attached hydrogens (tertiary/aromatic N) is 1. The number of anilines is 1. The highest BCUT2D eigenvalue weighted by Gasteiger charge is 2.32. The molecule has 0 aromatic heterocycles. The molecule has 2 aromatic carbocycles. The third kappa shape index (κ3) is 5.03. The first-order valence-electron chi connectivity index (χ1n) is 9.52. The van der Waals surface area contributed by atoms with Crippen LogP contribution in [0.4, 0.5) is 5.69 Å². The summed E-state index contributed by atoms with van der Waals surface area (Å²) in [6.07, 6.45) is 1.50. The number of hydrogen-bond acceptors (Lipinski definition) is 4. The van der Waals surface area contributed by atoms with E-state index in [1.54, 1.807) is 12.1 Å². The Balaban J connectivity index is 1.79. The molecule has 0 unspecified atom stereocenters. The van der Waals surface area contributed by atoms with Crippen LogP contribution < -0.4 is 14.4 Å². The van der Waals surface area contributed by atoms with Gasteiger partial charge < -0.3 is 10.1 Å². The fourth-order valence-electron chi connectivity index (χ4n) is 3.31. The Morgan fingerprint density at radius 3 is 2.59 bits per heavy atom. The smallest absolute Gasteiger partial charge is 0.261 e. The fourth-order valence-corrected chi connectivity index (χ4v) is 4.42. The van der Waals surface area contributed by atoms with E-state index in [4.69, 9.17) is 16.3 Å². The summed E-state index contributed by atoms with van der Waals surface area (Å²) in [5, 5.41) is 3.37. The number of halogens is 1. The standard InChI is InChI=1S/C21H25ClN2O4S/c1-4-15-5-7-16(8-6-15)14(2)23-21(25)20-11-12-24(29(3,26)27)18-13-17(22)9-10-19(18)28-20/h5-10,13-14,20H,4,11-12H2,1-3H3,(H,23,25)/t14-,20-/m1/s1. The molecule has 2 aromatic rings. The van der Waals surface area contributed by atoms with Crippen molar-refractivity contribution < 1.29 is 17.9 Å². The molecule has 0 spiro atoms. The number of ether oxygens (including phenoxy) is 1. The number of rotatable bonds is 5. The van der Waals surface area contributed by atoms with Gasteiger partial charge in [-0.05, 0) is 42.7 Å². The van der Waals surface area contributed by atoms with Gasteiger partial charge in [0.05, 0.1) is 18.0 Å². The molecule has 3 rings (SSSR count). The monoisotopic (exact) mass is 436 g/mol. The van der Waals surface area contributed by atoms with Gasteiger partial charge in [-0.3, -0.25) is 9.10 Å². The van der Waals surface area contributed by atoms with Gasteiger partial charge >= 0.3 is 0 Å². The quantitative estimate of drug-likeness (QED) is 0.775. The van der Waals surface area contributed by atoms with E-state index in [-0.39, 0.29) is 24.9 Å². The summed E-state index contributed by atoms with van der Waals surface area (Å²) < 4.78 is 31.6. The lowest BCUT2D eigenvalue weighted by Crippen LogP contribution is -2.40. The van der Waals surface area contributed by atoms with Gasteiger partial charge in [0.25, 0.3) is 5.91 Å². The molecule has 2 atom stereocenters. The third-order valence-corrected chi connectivity index (χ3v) is 6.41. The predicted octanol–water partition coefficient (Wildman–Crippen LogP) is 3.70. The lowest BCUT2D eigenvalue weighted by molar-refractivity contribution is -0.128. The van der Waals surface area contributed by atoms with Gasteiger partial charge in [-0.25, -0.2) is 8.42 Å². The Labute approximate surface area is 176 Å². The van der Waals surface area contributed by atoms with Crippen LogP contribution in [0.15, 0.2) is 42.5 Å². The lowest BCUT2D eigenvalue weighted by atomic mass is 10.0. The number of carbonyl (C=O) groups excluding carboxylic acids is 1. The van der Waals surface area contributed by atoms with Crippen LogP contribution in [0.5, 0.6) is 5.75 Å². The lowest BCUT2D eigenvalue weighted by Gasteiger charge is -2.21. The zero-order valence-electron chi connectivity index (χ0n) is 16.7. The van der Waals surface area contributed by atoms with E-state index in [9.17, 15) is 13.2 Å². The number of aryl methyl sites for hydroxylation is 1. The first-order valence-corrected chi connectivity index (χ1v) is 11.7. The molecule has 0 radical (unpaired) electrons. The minimum atomic E-state index is -3.54. The first kappa shape index (κ1) is 21.5. The van der Waals surface area contributed by atoms with Crippen LogP contribution >= 0.6 is 11.6 Å². The molecule has 1 aliphatic rings. The zero-order chi connectivity index (χ0) is 21.2. The molecule has 8 heteroatoms. The molecule has 0 saturated heterocycles. The summed E-state index contributed by atoms with van der Waals surface area (Å²) in [6.45, 7) is 4.13. The molecular weight excluding hydrogens is 412 g/mol. The second kappa shape index (κ2) is 8.63. The van der Waals surface area contributed by atoms with E-state index < -0.39 is 16.1 Å². The average Bonchev–Trinajstić information content (AvgIpc) is 2.87. The summed E-state index contributed by atoms with van der Waals surface area (Å²) in [4.78, 5) is 12.9. The minimum Gasteiger partial charge on any atom is -0.478 e. The van der Waals surface area contributed by atoms with Crippen molar-refractivity contribution in [1.29, 1.82) is 0 Å². The Morgan fingerprint density at radius 1 is 1.28 bits per heavy atom. The molecule has 0 aliphatic carbocycles. The summed E-state index contributed by atoms with van der Waals surface area (Å²) in [7, 11) is -3.54. The molecule has 1 amide bonds. The van der Waals surface area contributed by atoms with Crippen molar-refractivity contribution in [3.8, 4) is 5.75 Å². The Hall–Kier alpha value is -2.25. The topological polar surface area (TPSA) is 75.7 Å². The summed E-state index contributed by atoms with van der Waals surface area (Å²) >= 11 is 6.05. The number of nitrogens with one attached hydrogen (secondary N) is 1. The second-order valence-electron chi connectivity index (χ2n) is 7.17. The fraction of sp³-hybridized carbons (Fsp3) is 0.381. The van der Waals surface area contributed by atoms with Crippen LogP contribution in [0.1, 0.15) is 37.4 Å². The number of fused-ring (bicyclic) bond motifs is 1. The van der Waals surface area contributed by atoms with Crippen molar-refractivity contribution in [2.24, 2.45) is 0 Å². The number of carbonyl (C=O) groups is 1. The summed E-state index contributed by atoms with van der Waals surface area (Å²) in [6, 6.07) is 12.6. The number of benzene rings is 2. The van der Waals surface area contributed by atoms with Crippen LogP contribution in [0, 0.1) is 0 Å². The van der Waals surface area contributed by atoms with E-state index >= 15 is 0 Å². The molecule has 29 heavy (non-hydrogen) atoms. The molecular formula is C21H25ClN2O4S. The molecule has 0 saturated carbocycles. The largest absolute Gasteiger partial charge is 0.478 e. The van der Waals surface area contributed by atoms with Crippen LogP contribution in [-0.4, -0.2) is 33.2 Å². The van der Waals surface area contributed by atoms with Gasteiger partial charge in [0.1, 0.15) is 5.75 Å². The van der Waals surface area contributed by atoms with Gasteiger partial charge in [-0.2, -0.15) is 0 Å². The van der Waals surface area contributed by atoms with Crippen molar-refractivity contribution in [1.82, 2.24) is 5.32 Å². The number of hydrogen-bond donors (Lipinski definition) is 1. The van der Waals surface area contributed by atoms with E-state index in [2.05, 4.69) is 12.2 Å². The van der Waals surface area contributed by atoms with E-state index in [0.717, 1.165) is 18.2 Å². The molecule has 1 N–H and O–H groups in total. The molecule has 1 heterocycles. The molecule has 6 nitrogen and oxygen atoms in total. The highest BCUT2D eigenvalue weighted by Crippen LogP contribution is 2.36. The number of amides is 1. The maximum Gasteiger partial charge on any atom is 0.261 e. The molecule has 156 valence electrons. The molecule has 1 aliphatic heterocycles. The van der Waals surface area contributed by atoms with Crippen LogP contribution in [0.2, 0.25) is 5.02 Å². The van der Waals surface area contributed by atoms with Gasteiger partial charge in [-0.15, -0.1) is 0 Å². The second-order valence-corrected chi connectivity index (χ2v) is 9.51. The summed E-state index contributed by atoms with van der Waals surface area (Å²) in [5.74, 6) is 0.0331. The zero-order valence-corrected chi connectivity index (χ0v) is 18.3. The molecule has 0 bridgehead atoms. The summed E-state index contributed by atoms with van der Waals surface area (Å²) in [5.41, 5.74) is 2.57. The SMILES string of the molecule is CCc1ccc([C@@H](C)NC(=O)[C@H]2CCN(S(C)(=O)=O)c3cc(Cl)ccc3O2)cc1. The Bertz CT molecular complexity index is 992. The highest BCUT2D eigenvalue weighted by molar-refractivity contribution is 7.92. The first-order chi connectivity index (χ1) is 13.7. The Morgan fingerprint density at radius 2 is 1.97 bits per heavy atom. The number of sulfonamides is 1. The van der Waals surface area contributed by atoms with Crippen molar-refractivity contribution in [2.45, 2.75) is 38.8 Å². The van der Waals surface area contributed by atoms with Gasteiger partial charge in [0.2, 0.25) is 10.0 Å². The highest BCUT2D eigenvalue weighted by atomic mass is 35.5. The van der Waals surface area contributed by atoms with Gasteiger partial charge in [-0.1, -0.05) is 42.8 Å². The van der Waals surface area contributed by atoms with Crippen molar-refractivity contribution >= 4 is 33.2 Å². The average molecular weight is 437 g/mol. The van der Waals surface area contributed by atoms with Gasteiger partial charge in [0, 0.05) is 18.0 Å². The minimum absolute atomic E-state index is 0.129. The van der Waals surface area contributed by atoms with Crippen molar-refractivity contribution in [3.05, 3.63) is 58.6 Å². The van der Waals surface area contributed by atoms with Crippen LogP contribution in [0.3, 0.4) is 0 Å². The van der Waals surface area contributed by atoms with E-state index in [1.165, 1.54) is 15.9 Å². The predicted molar refractivity (Wildman–Crippen MR) is 115 cm³/mol. The van der Waals surface area contributed by atoms with Crippen LogP contribution in [-0.2, 0) is 21.2 Å². The maximum atomic E-state index is 12.9. The van der Waals surface area contributed by atoms with Crippen molar-refractivity contribution in [3.63, 3.8) is 0 Å². The van der Waals surface area contributed by atoms with Crippen molar-refractivity contribution in [2.75, 3.05) is 17.1 Å². The van der Waals surface area contributed by atoms with E-state index in [1.807, 2.05) is 31.2 Å². The van der Waals surface area contributed by atoms with E-state index in [0.29, 0.717) is 16.5 Å². The van der Waals surface area contributed by atoms with Gasteiger partial charge in [0.15, 0.2) is 6.10 Å². The molecule has 0 fully saturated rings. The third-order valence-electron chi connectivity index (χ3n) is 4.99. The normalized spacial score (nSPS) is 17.7. The maximum absolute atomic E-state index is 12.9.